The van der Waals surface area contributed by atoms with Gasteiger partial charge in [-0.1, -0.05) is 72.9 Å². The highest BCUT2D eigenvalue weighted by molar-refractivity contribution is 7.78. The van der Waals surface area contributed by atoms with E-state index in [1.807, 2.05) is 48.5 Å². The minimum atomic E-state index is -3.09. The van der Waals surface area contributed by atoms with E-state index in [1.54, 1.807) is 18.2 Å². The van der Waals surface area contributed by atoms with Crippen LogP contribution in [0.3, 0.4) is 0 Å². The number of carbonyl (C=O) groups excluding carboxylic acids is 1. The highest BCUT2D eigenvalue weighted by Crippen LogP contribution is 2.40. The second-order valence-electron chi connectivity index (χ2n) is 10.4. The van der Waals surface area contributed by atoms with Gasteiger partial charge in [0.2, 0.25) is 0 Å². The zero-order valence-electron chi connectivity index (χ0n) is 22.2. The fraction of sp³-hybridized carbons (Fsp3) is 0.312. The number of rotatable bonds is 8. The van der Waals surface area contributed by atoms with E-state index in [1.165, 1.54) is 19.9 Å². The van der Waals surface area contributed by atoms with Crippen molar-refractivity contribution in [1.82, 2.24) is 10.6 Å². The zero-order chi connectivity index (χ0) is 28.0. The van der Waals surface area contributed by atoms with E-state index < -0.39 is 11.6 Å². The summed E-state index contributed by atoms with van der Waals surface area (Å²) in [5, 5.41) is 5.72. The van der Waals surface area contributed by atoms with Crippen molar-refractivity contribution in [3.63, 3.8) is 0 Å². The molecule has 7 heteroatoms. The van der Waals surface area contributed by atoms with E-state index >= 15 is 8.78 Å². The molecule has 1 aliphatic carbocycles. The van der Waals surface area contributed by atoms with Crippen LogP contribution in [0.5, 0.6) is 0 Å². The summed E-state index contributed by atoms with van der Waals surface area (Å²) in [6.45, 7) is 3.29. The molecule has 3 aromatic rings. The van der Waals surface area contributed by atoms with E-state index in [9.17, 15) is 9.18 Å². The van der Waals surface area contributed by atoms with E-state index in [0.29, 0.717) is 30.6 Å². The maximum absolute atomic E-state index is 15.5. The van der Waals surface area contributed by atoms with Crippen LogP contribution in [0.25, 0.3) is 6.08 Å². The van der Waals surface area contributed by atoms with Crippen LogP contribution < -0.4 is 10.6 Å². The van der Waals surface area contributed by atoms with Crippen LogP contribution in [0.1, 0.15) is 59.2 Å². The van der Waals surface area contributed by atoms with E-state index in [0.717, 1.165) is 34.2 Å². The van der Waals surface area contributed by atoms with Crippen molar-refractivity contribution in [3.05, 3.63) is 111 Å². The van der Waals surface area contributed by atoms with Gasteiger partial charge < -0.3 is 10.6 Å². The highest BCUT2D eigenvalue weighted by Gasteiger charge is 2.36. The first kappa shape index (κ1) is 28.6. The van der Waals surface area contributed by atoms with Gasteiger partial charge in [-0.15, -0.1) is 0 Å². The number of amides is 1. The Labute approximate surface area is 233 Å². The fourth-order valence-corrected chi connectivity index (χ4v) is 5.00. The van der Waals surface area contributed by atoms with Crippen molar-refractivity contribution in [3.8, 4) is 0 Å². The number of aryl methyl sites for hydroxylation is 3. The molecule has 0 unspecified atom stereocenters. The van der Waals surface area contributed by atoms with Gasteiger partial charge in [0.1, 0.15) is 11.4 Å². The standard InChI is InChI=1S/C32H33F3N2OS/c1-31(2,33)27-13-12-25-11-10-24-9-8-23(18-26(24)14-16-32(34,35)28(25)20-27)19-29(30(38)37-21-39)36-17-15-22-6-4-3-5-7-22/h3-9,12-13,18-21,36H,10-11,14-17H2,1-2H3,(H,37,38,39)/b29-19+. The number of hydrogen-bond acceptors (Lipinski definition) is 3. The summed E-state index contributed by atoms with van der Waals surface area (Å²) in [5.74, 6) is -3.46. The molecule has 3 aromatic carbocycles. The molecule has 0 spiro atoms. The Morgan fingerprint density at radius 1 is 0.974 bits per heavy atom. The summed E-state index contributed by atoms with van der Waals surface area (Å²) < 4.78 is 45.4. The maximum atomic E-state index is 15.5. The number of nitrogens with one attached hydrogen (secondary N) is 2. The van der Waals surface area contributed by atoms with Crippen molar-refractivity contribution in [2.75, 3.05) is 6.54 Å². The number of benzene rings is 3. The lowest BCUT2D eigenvalue weighted by Gasteiger charge is -2.23. The van der Waals surface area contributed by atoms with E-state index in [-0.39, 0.29) is 29.9 Å². The van der Waals surface area contributed by atoms with Crippen molar-refractivity contribution in [1.29, 1.82) is 0 Å². The molecule has 0 saturated heterocycles. The van der Waals surface area contributed by atoms with Crippen molar-refractivity contribution >= 4 is 29.7 Å². The van der Waals surface area contributed by atoms with Crippen LogP contribution in [0, 0.1) is 0 Å². The first-order chi connectivity index (χ1) is 18.6. The Balaban J connectivity index is 1.58. The Kier molecular flexibility index (Phi) is 8.90. The van der Waals surface area contributed by atoms with Gasteiger partial charge in [0.05, 0.1) is 5.49 Å². The molecule has 1 aliphatic rings. The molecule has 0 bridgehead atoms. The molecule has 0 aromatic heterocycles. The quantitative estimate of drug-likeness (QED) is 0.235. The summed E-state index contributed by atoms with van der Waals surface area (Å²) in [4.78, 5) is 12.7. The summed E-state index contributed by atoms with van der Waals surface area (Å²) in [5.41, 5.74) is 4.21. The van der Waals surface area contributed by atoms with Gasteiger partial charge in [-0.25, -0.2) is 13.2 Å². The van der Waals surface area contributed by atoms with Gasteiger partial charge in [-0.3, -0.25) is 4.79 Å². The first-order valence-corrected chi connectivity index (χ1v) is 13.6. The molecule has 39 heavy (non-hydrogen) atoms. The number of thiocarbonyl (C=S) groups is 1. The Morgan fingerprint density at radius 3 is 2.41 bits per heavy atom. The summed E-state index contributed by atoms with van der Waals surface area (Å²) >= 11 is 4.80. The summed E-state index contributed by atoms with van der Waals surface area (Å²) in [7, 11) is 0. The Morgan fingerprint density at radius 2 is 1.69 bits per heavy atom. The third-order valence-electron chi connectivity index (χ3n) is 7.11. The van der Waals surface area contributed by atoms with E-state index in [2.05, 4.69) is 10.6 Å². The average Bonchev–Trinajstić information content (AvgIpc) is 2.95. The van der Waals surface area contributed by atoms with Crippen LogP contribution in [0.4, 0.5) is 13.2 Å². The molecule has 0 atom stereocenters. The van der Waals surface area contributed by atoms with Gasteiger partial charge in [-0.05, 0) is 85.1 Å². The minimum absolute atomic E-state index is 0.0830. The molecule has 3 nitrogen and oxygen atoms in total. The lowest BCUT2D eigenvalue weighted by molar-refractivity contribution is -0.116. The summed E-state index contributed by atoms with van der Waals surface area (Å²) in [6, 6.07) is 20.2. The van der Waals surface area contributed by atoms with Gasteiger partial charge in [0, 0.05) is 18.5 Å². The Bertz CT molecular complexity index is 1360. The maximum Gasteiger partial charge on any atom is 0.273 e. The predicted octanol–water partition coefficient (Wildman–Crippen LogP) is 6.96. The van der Waals surface area contributed by atoms with Gasteiger partial charge >= 0.3 is 0 Å². The minimum Gasteiger partial charge on any atom is -0.380 e. The number of alkyl halides is 3. The van der Waals surface area contributed by atoms with Crippen molar-refractivity contribution in [2.45, 2.75) is 57.5 Å². The molecule has 0 heterocycles. The molecule has 0 radical (unpaired) electrons. The van der Waals surface area contributed by atoms with Gasteiger partial charge in [0.15, 0.2) is 0 Å². The number of halogens is 3. The van der Waals surface area contributed by atoms with E-state index in [4.69, 9.17) is 12.2 Å². The molecule has 204 valence electrons. The second-order valence-corrected chi connectivity index (χ2v) is 10.6. The highest BCUT2D eigenvalue weighted by atomic mass is 32.1. The van der Waals surface area contributed by atoms with Crippen LogP contribution in [0.15, 0.2) is 72.4 Å². The molecular formula is C32H33F3N2OS. The van der Waals surface area contributed by atoms with Crippen LogP contribution in [0.2, 0.25) is 0 Å². The molecule has 2 N–H and O–H groups in total. The summed E-state index contributed by atoms with van der Waals surface area (Å²) in [6.07, 6.45) is 3.25. The largest absolute Gasteiger partial charge is 0.380 e. The van der Waals surface area contributed by atoms with Crippen LogP contribution in [-0.2, 0) is 42.1 Å². The van der Waals surface area contributed by atoms with Gasteiger partial charge in [0.25, 0.3) is 11.8 Å². The third kappa shape index (κ3) is 7.35. The number of hydrogen-bond donors (Lipinski definition) is 2. The Hall–Kier alpha value is -3.45. The molecule has 0 saturated carbocycles. The van der Waals surface area contributed by atoms with Crippen molar-refractivity contribution in [2.24, 2.45) is 0 Å². The average molecular weight is 551 g/mol. The predicted molar refractivity (Wildman–Crippen MR) is 155 cm³/mol. The number of carbonyl (C=O) groups is 1. The molecular weight excluding hydrogens is 517 g/mol. The molecule has 4 rings (SSSR count). The zero-order valence-corrected chi connectivity index (χ0v) is 23.0. The lowest BCUT2D eigenvalue weighted by atomic mass is 9.90. The number of fused-ring (bicyclic) bond motifs is 2. The third-order valence-corrected chi connectivity index (χ3v) is 7.23. The first-order valence-electron chi connectivity index (χ1n) is 13.1. The second kappa shape index (κ2) is 12.2. The monoisotopic (exact) mass is 550 g/mol. The topological polar surface area (TPSA) is 41.1 Å². The van der Waals surface area contributed by atoms with Gasteiger partial charge in [-0.2, -0.15) is 0 Å². The van der Waals surface area contributed by atoms with Crippen molar-refractivity contribution < 1.29 is 18.0 Å². The molecule has 0 fully saturated rings. The van der Waals surface area contributed by atoms with Crippen LogP contribution >= 0.6 is 12.2 Å². The SMILES string of the molecule is CC(C)(F)c1ccc2c(c1)C(F)(F)CCc1cc(/C=C(/NCCc3ccccc3)C(=O)NC=S)ccc1CC2. The van der Waals surface area contributed by atoms with Crippen LogP contribution in [-0.4, -0.2) is 17.9 Å². The lowest BCUT2D eigenvalue weighted by Crippen LogP contribution is -2.31. The normalized spacial score (nSPS) is 15.2. The molecule has 1 amide bonds. The molecule has 0 aliphatic heterocycles. The fourth-order valence-electron chi connectivity index (χ4n) is 4.89. The smallest absolute Gasteiger partial charge is 0.273 e.